The highest BCUT2D eigenvalue weighted by Crippen LogP contribution is 2.42. The molecule has 0 aliphatic rings. The Balaban J connectivity index is 2.51. The van der Waals surface area contributed by atoms with Crippen molar-refractivity contribution in [3.05, 3.63) is 81.6 Å². The highest BCUT2D eigenvalue weighted by atomic mass is 28.4. The lowest BCUT2D eigenvalue weighted by atomic mass is 10.0. The molecule has 0 aliphatic heterocycles. The number of amides is 2. The van der Waals surface area contributed by atoms with Crippen LogP contribution in [0.25, 0.3) is 10.4 Å². The maximum atomic E-state index is 13.5. The molecule has 2 aromatic rings. The Morgan fingerprint density at radius 3 is 2.04 bits per heavy atom. The summed E-state index contributed by atoms with van der Waals surface area (Å²) in [7, 11) is -0.155. The molecular formula is C35H51N5O9Si. The van der Waals surface area contributed by atoms with Crippen molar-refractivity contribution in [1.82, 2.24) is 10.6 Å². The number of furan rings is 1. The summed E-state index contributed by atoms with van der Waals surface area (Å²) in [6.45, 7) is 16.4. The predicted octanol–water partition coefficient (Wildman–Crippen LogP) is 6.91. The lowest BCUT2D eigenvalue weighted by Crippen LogP contribution is -2.53. The Morgan fingerprint density at radius 2 is 1.50 bits per heavy atom. The molecule has 0 radical (unpaired) electrons. The standard InChI is InChI=1S/C35H51N5O9Si/c1-10-18-47-34(43)31-30(33(42)46-9)29(32(41)45-8)28(49-31)17-16-26(21-48-50(22(2)3,23(4)5)24(6)7)38-35(44)39-27(20-37-40-36)19-25-14-12-11-13-15-25/h10-15,22-24,26-27H,1,16-21H2,2-9H3,(H2,38,39,44)/t26-,27-/m0/s1. The van der Waals surface area contributed by atoms with Crippen LogP contribution < -0.4 is 10.6 Å². The summed E-state index contributed by atoms with van der Waals surface area (Å²) < 4.78 is 27.6. The highest BCUT2D eigenvalue weighted by molar-refractivity contribution is 6.77. The zero-order chi connectivity index (χ0) is 37.4. The van der Waals surface area contributed by atoms with Gasteiger partial charge in [-0.25, -0.2) is 19.2 Å². The molecule has 0 fully saturated rings. The van der Waals surface area contributed by atoms with Gasteiger partial charge in [0.2, 0.25) is 5.76 Å². The van der Waals surface area contributed by atoms with Crippen molar-refractivity contribution in [3.63, 3.8) is 0 Å². The molecule has 0 spiro atoms. The molecule has 0 bridgehead atoms. The van der Waals surface area contributed by atoms with Gasteiger partial charge < -0.3 is 33.7 Å². The molecule has 14 nitrogen and oxygen atoms in total. The first-order valence-corrected chi connectivity index (χ1v) is 18.8. The second-order valence-corrected chi connectivity index (χ2v) is 18.2. The fourth-order valence-electron chi connectivity index (χ4n) is 6.47. The summed E-state index contributed by atoms with van der Waals surface area (Å²) in [5.74, 6) is -3.45. The van der Waals surface area contributed by atoms with Crippen LogP contribution >= 0.6 is 0 Å². The van der Waals surface area contributed by atoms with Crippen molar-refractivity contribution in [3.8, 4) is 0 Å². The summed E-state index contributed by atoms with van der Waals surface area (Å²) >= 11 is 0. The van der Waals surface area contributed by atoms with Crippen LogP contribution in [-0.2, 0) is 31.5 Å². The van der Waals surface area contributed by atoms with Crippen LogP contribution in [0, 0.1) is 0 Å². The van der Waals surface area contributed by atoms with E-state index >= 15 is 0 Å². The summed E-state index contributed by atoms with van der Waals surface area (Å²) in [6.07, 6.45) is 1.93. The molecule has 2 amide bonds. The fraction of sp³-hybridized carbons (Fsp3) is 0.543. The number of carbonyl (C=O) groups excluding carboxylic acids is 4. The second-order valence-electron chi connectivity index (χ2n) is 12.8. The van der Waals surface area contributed by atoms with Gasteiger partial charge in [0.25, 0.3) is 0 Å². The molecule has 15 heteroatoms. The second kappa shape index (κ2) is 20.2. The first-order chi connectivity index (χ1) is 23.8. The normalized spacial score (nSPS) is 12.5. The molecule has 1 heterocycles. The van der Waals surface area contributed by atoms with Gasteiger partial charge in [0, 0.05) is 23.9 Å². The molecule has 2 rings (SSSR count). The van der Waals surface area contributed by atoms with Gasteiger partial charge >= 0.3 is 23.9 Å². The van der Waals surface area contributed by atoms with Gasteiger partial charge in [-0.1, -0.05) is 89.6 Å². The van der Waals surface area contributed by atoms with Gasteiger partial charge in [0.1, 0.15) is 23.5 Å². The van der Waals surface area contributed by atoms with Crippen molar-refractivity contribution < 1.29 is 42.2 Å². The first-order valence-electron chi connectivity index (χ1n) is 16.6. The van der Waals surface area contributed by atoms with Crippen molar-refractivity contribution in [2.45, 2.75) is 89.5 Å². The van der Waals surface area contributed by atoms with E-state index in [1.54, 1.807) is 0 Å². The number of nitrogens with one attached hydrogen (secondary N) is 2. The molecule has 0 saturated heterocycles. The molecule has 0 unspecified atom stereocenters. The molecule has 274 valence electrons. The van der Waals surface area contributed by atoms with Crippen molar-refractivity contribution in [2.24, 2.45) is 5.11 Å². The number of ether oxygens (including phenoxy) is 3. The number of hydrogen-bond acceptors (Lipinski definition) is 10. The summed E-state index contributed by atoms with van der Waals surface area (Å²) in [5, 5.41) is 9.60. The number of methoxy groups -OCH3 is 2. The average Bonchev–Trinajstić information content (AvgIpc) is 3.47. The Kier molecular flexibility index (Phi) is 16.8. The lowest BCUT2D eigenvalue weighted by Gasteiger charge is -2.43. The summed E-state index contributed by atoms with van der Waals surface area (Å²) in [5.41, 5.74) is 10.00. The number of urea groups is 1. The van der Waals surface area contributed by atoms with Crippen molar-refractivity contribution in [1.29, 1.82) is 0 Å². The predicted molar refractivity (Wildman–Crippen MR) is 191 cm³/mol. The molecule has 0 aliphatic carbocycles. The molecule has 0 saturated carbocycles. The van der Waals surface area contributed by atoms with Crippen LogP contribution in [0.3, 0.4) is 0 Å². The molecular weight excluding hydrogens is 662 g/mol. The van der Waals surface area contributed by atoms with E-state index in [0.717, 1.165) is 19.8 Å². The molecule has 2 atom stereocenters. The highest BCUT2D eigenvalue weighted by Gasteiger charge is 2.45. The minimum absolute atomic E-state index is 0.0107. The number of benzene rings is 1. The number of esters is 3. The largest absolute Gasteiger partial charge is 0.465 e. The topological polar surface area (TPSA) is 191 Å². The lowest BCUT2D eigenvalue weighted by molar-refractivity contribution is 0.0487. The van der Waals surface area contributed by atoms with Gasteiger partial charge in [0.05, 0.1) is 26.9 Å². The number of aryl methyl sites for hydroxylation is 1. The summed E-state index contributed by atoms with van der Waals surface area (Å²) in [6, 6.07) is 7.84. The van der Waals surface area contributed by atoms with E-state index in [1.165, 1.54) is 6.08 Å². The number of hydrogen-bond donors (Lipinski definition) is 2. The Labute approximate surface area is 295 Å². The molecule has 1 aromatic carbocycles. The molecule has 50 heavy (non-hydrogen) atoms. The zero-order valence-electron chi connectivity index (χ0n) is 30.3. The Morgan fingerprint density at radius 1 is 0.920 bits per heavy atom. The molecule has 2 N–H and O–H groups in total. The van der Waals surface area contributed by atoms with Crippen molar-refractivity contribution in [2.75, 3.05) is 34.0 Å². The van der Waals surface area contributed by atoms with Crippen LogP contribution in [-0.4, -0.2) is 78.3 Å². The van der Waals surface area contributed by atoms with Gasteiger partial charge in [-0.3, -0.25) is 0 Å². The van der Waals surface area contributed by atoms with Gasteiger partial charge in [-0.15, -0.1) is 0 Å². The number of azide groups is 1. The van der Waals surface area contributed by atoms with Crippen LogP contribution in [0.2, 0.25) is 16.6 Å². The van der Waals surface area contributed by atoms with E-state index in [0.29, 0.717) is 6.42 Å². The minimum atomic E-state index is -2.39. The monoisotopic (exact) mass is 713 g/mol. The zero-order valence-corrected chi connectivity index (χ0v) is 31.3. The smallest absolute Gasteiger partial charge is 0.375 e. The van der Waals surface area contributed by atoms with E-state index in [4.69, 9.17) is 28.6 Å². The van der Waals surface area contributed by atoms with E-state index in [1.807, 2.05) is 30.3 Å². The number of carbonyl (C=O) groups is 4. The maximum Gasteiger partial charge on any atom is 0.375 e. The quantitative estimate of drug-likeness (QED) is 0.0279. The van der Waals surface area contributed by atoms with Crippen LogP contribution in [0.4, 0.5) is 4.79 Å². The van der Waals surface area contributed by atoms with Crippen LogP contribution in [0.1, 0.15) is 90.6 Å². The maximum absolute atomic E-state index is 13.5. The third-order valence-corrected chi connectivity index (χ3v) is 14.7. The fourth-order valence-corrected chi connectivity index (χ4v) is 12.0. The SMILES string of the molecule is C=CCOC(=O)c1oc(CC[C@@H](CO[Si](C(C)C)(C(C)C)C(C)C)NC(=O)N[C@H](CN=[N+]=[N-])Cc2ccccc2)c(C(=O)OC)c1C(=O)OC. The van der Waals surface area contributed by atoms with E-state index < -0.39 is 55.7 Å². The third-order valence-electron chi connectivity index (χ3n) is 8.60. The van der Waals surface area contributed by atoms with Gasteiger partial charge in [-0.05, 0) is 40.6 Å². The Bertz CT molecular complexity index is 1480. The van der Waals surface area contributed by atoms with Gasteiger partial charge in [0.15, 0.2) is 8.32 Å². The summed E-state index contributed by atoms with van der Waals surface area (Å²) in [4.78, 5) is 55.1. The van der Waals surface area contributed by atoms with E-state index in [9.17, 15) is 19.2 Å². The Hall–Kier alpha value is -4.59. The van der Waals surface area contributed by atoms with Crippen LogP contribution in [0.5, 0.6) is 0 Å². The van der Waals surface area contributed by atoms with E-state index in [-0.39, 0.29) is 60.5 Å². The van der Waals surface area contributed by atoms with Gasteiger partial charge in [-0.2, -0.15) is 0 Å². The van der Waals surface area contributed by atoms with E-state index in [2.05, 4.69) is 68.8 Å². The first kappa shape index (κ1) is 41.6. The number of nitrogens with zero attached hydrogens (tertiary/aromatic N) is 3. The third kappa shape index (κ3) is 11.0. The number of rotatable bonds is 20. The average molecular weight is 714 g/mol. The molecule has 1 aromatic heterocycles. The van der Waals surface area contributed by atoms with Crippen molar-refractivity contribution >= 4 is 32.3 Å². The van der Waals surface area contributed by atoms with Crippen LogP contribution in [0.15, 0.2) is 52.5 Å². The minimum Gasteiger partial charge on any atom is -0.465 e.